The van der Waals surface area contributed by atoms with E-state index in [2.05, 4.69) is 16.0 Å². The molecule has 8 N–H and O–H groups in total. The second-order valence-electron chi connectivity index (χ2n) is 8.47. The van der Waals surface area contributed by atoms with Gasteiger partial charge in [0.15, 0.2) is 0 Å². The molecule has 5 atom stereocenters. The van der Waals surface area contributed by atoms with Gasteiger partial charge in [0.05, 0.1) is 6.04 Å². The minimum Gasteiger partial charge on any atom is -0.481 e. The van der Waals surface area contributed by atoms with Crippen molar-refractivity contribution in [1.82, 2.24) is 16.0 Å². The SMILES string of the molecule is CCC(C)C(NC(=O)C(CCC(=O)O)NC(=O)C(N)CCC(=O)O)C(=O)NC(C(=O)O)C(C)C. The molecule has 0 bridgehead atoms. The predicted octanol–water partition coefficient (Wildman–Crippen LogP) is -0.716. The molecule has 0 aromatic rings. The molecular weight excluding hydrogens is 452 g/mol. The van der Waals surface area contributed by atoms with Crippen molar-refractivity contribution in [3.8, 4) is 0 Å². The zero-order valence-electron chi connectivity index (χ0n) is 19.9. The number of carboxylic acids is 3. The first-order valence-corrected chi connectivity index (χ1v) is 11.0. The molecule has 0 aliphatic heterocycles. The van der Waals surface area contributed by atoms with Gasteiger partial charge in [-0.25, -0.2) is 4.79 Å². The van der Waals surface area contributed by atoms with E-state index in [0.29, 0.717) is 6.42 Å². The highest BCUT2D eigenvalue weighted by atomic mass is 16.4. The van der Waals surface area contributed by atoms with Gasteiger partial charge in [0.2, 0.25) is 17.7 Å². The van der Waals surface area contributed by atoms with Crippen LogP contribution in [-0.2, 0) is 28.8 Å². The Labute approximate surface area is 197 Å². The van der Waals surface area contributed by atoms with Crippen LogP contribution < -0.4 is 21.7 Å². The molecular formula is C21H36N4O9. The smallest absolute Gasteiger partial charge is 0.326 e. The Morgan fingerprint density at radius 2 is 1.24 bits per heavy atom. The van der Waals surface area contributed by atoms with Crippen LogP contribution in [0.4, 0.5) is 0 Å². The minimum atomic E-state index is -1.36. The van der Waals surface area contributed by atoms with Crippen LogP contribution in [0, 0.1) is 11.8 Å². The standard InChI is InChI=1S/C21H36N4O9/c1-5-11(4)17(20(32)24-16(10(2)3)21(33)34)25-19(31)13(7-9-15(28)29)23-18(30)12(22)6-8-14(26)27/h10-13,16-17H,5-9,22H2,1-4H3,(H,23,30)(H,24,32)(H,25,31)(H,26,27)(H,28,29)(H,33,34). The topological polar surface area (TPSA) is 225 Å². The molecule has 0 aliphatic carbocycles. The molecule has 0 saturated carbocycles. The number of nitrogens with one attached hydrogen (secondary N) is 3. The molecule has 0 heterocycles. The molecule has 0 radical (unpaired) electrons. The van der Waals surface area contributed by atoms with E-state index in [-0.39, 0.29) is 19.3 Å². The summed E-state index contributed by atoms with van der Waals surface area (Å²) in [7, 11) is 0. The number of aliphatic carboxylic acids is 3. The maximum absolute atomic E-state index is 12.9. The van der Waals surface area contributed by atoms with Crippen molar-refractivity contribution in [2.45, 2.75) is 84.0 Å². The van der Waals surface area contributed by atoms with Crippen molar-refractivity contribution in [2.75, 3.05) is 0 Å². The third kappa shape index (κ3) is 11.1. The largest absolute Gasteiger partial charge is 0.481 e. The van der Waals surface area contributed by atoms with Gasteiger partial charge < -0.3 is 37.0 Å². The number of rotatable bonds is 16. The van der Waals surface area contributed by atoms with Crippen LogP contribution in [0.25, 0.3) is 0 Å². The van der Waals surface area contributed by atoms with Crippen LogP contribution in [0.1, 0.15) is 59.8 Å². The van der Waals surface area contributed by atoms with Crippen LogP contribution >= 0.6 is 0 Å². The minimum absolute atomic E-state index is 0.196. The van der Waals surface area contributed by atoms with Crippen molar-refractivity contribution in [2.24, 2.45) is 17.6 Å². The number of carbonyl (C=O) groups is 6. The normalized spacial score (nSPS) is 15.4. The summed E-state index contributed by atoms with van der Waals surface area (Å²) < 4.78 is 0. The molecule has 0 rings (SSSR count). The number of carboxylic acid groups (broad SMARTS) is 3. The zero-order chi connectivity index (χ0) is 26.6. The second kappa shape index (κ2) is 14.8. The van der Waals surface area contributed by atoms with Gasteiger partial charge in [-0.15, -0.1) is 0 Å². The third-order valence-corrected chi connectivity index (χ3v) is 5.31. The van der Waals surface area contributed by atoms with E-state index in [1.165, 1.54) is 0 Å². The van der Waals surface area contributed by atoms with Gasteiger partial charge in [-0.05, 0) is 24.7 Å². The quantitative estimate of drug-likeness (QED) is 0.144. The van der Waals surface area contributed by atoms with Gasteiger partial charge >= 0.3 is 17.9 Å². The fourth-order valence-corrected chi connectivity index (χ4v) is 2.94. The molecule has 34 heavy (non-hydrogen) atoms. The van der Waals surface area contributed by atoms with Crippen LogP contribution in [0.2, 0.25) is 0 Å². The zero-order valence-corrected chi connectivity index (χ0v) is 19.9. The molecule has 0 aromatic carbocycles. The maximum Gasteiger partial charge on any atom is 0.326 e. The van der Waals surface area contributed by atoms with Gasteiger partial charge in [0.1, 0.15) is 18.1 Å². The molecule has 0 fully saturated rings. The van der Waals surface area contributed by atoms with E-state index in [1.54, 1.807) is 27.7 Å². The predicted molar refractivity (Wildman–Crippen MR) is 119 cm³/mol. The van der Waals surface area contributed by atoms with Crippen molar-refractivity contribution < 1.29 is 44.1 Å². The van der Waals surface area contributed by atoms with Crippen molar-refractivity contribution in [1.29, 1.82) is 0 Å². The summed E-state index contributed by atoms with van der Waals surface area (Å²) in [4.78, 5) is 71.2. The molecule has 5 unspecified atom stereocenters. The maximum atomic E-state index is 12.9. The first kappa shape index (κ1) is 30.8. The Balaban J connectivity index is 5.59. The Bertz CT molecular complexity index is 757. The Morgan fingerprint density at radius 1 is 0.735 bits per heavy atom. The fourth-order valence-electron chi connectivity index (χ4n) is 2.94. The van der Waals surface area contributed by atoms with Crippen LogP contribution in [0.5, 0.6) is 0 Å². The highest BCUT2D eigenvalue weighted by molar-refractivity contribution is 5.94. The first-order valence-electron chi connectivity index (χ1n) is 11.0. The summed E-state index contributed by atoms with van der Waals surface area (Å²) in [5, 5.41) is 34.2. The average Bonchev–Trinajstić information content (AvgIpc) is 2.74. The summed E-state index contributed by atoms with van der Waals surface area (Å²) >= 11 is 0. The first-order chi connectivity index (χ1) is 15.7. The third-order valence-electron chi connectivity index (χ3n) is 5.31. The highest BCUT2D eigenvalue weighted by Gasteiger charge is 2.33. The summed E-state index contributed by atoms with van der Waals surface area (Å²) in [6, 6.07) is -4.94. The lowest BCUT2D eigenvalue weighted by molar-refractivity contribution is -0.144. The van der Waals surface area contributed by atoms with Crippen LogP contribution in [-0.4, -0.2) is 75.1 Å². The van der Waals surface area contributed by atoms with E-state index in [9.17, 15) is 33.9 Å². The van der Waals surface area contributed by atoms with Crippen molar-refractivity contribution >= 4 is 35.6 Å². The Morgan fingerprint density at radius 3 is 1.68 bits per heavy atom. The second-order valence-corrected chi connectivity index (χ2v) is 8.47. The van der Waals surface area contributed by atoms with Crippen LogP contribution in [0.15, 0.2) is 0 Å². The lowest BCUT2D eigenvalue weighted by Crippen LogP contribution is -2.59. The lowest BCUT2D eigenvalue weighted by atomic mass is 9.96. The summed E-state index contributed by atoms with van der Waals surface area (Å²) in [6.07, 6.45) is -0.909. The van der Waals surface area contributed by atoms with Gasteiger partial charge in [0, 0.05) is 12.8 Å². The molecule has 13 nitrogen and oxygen atoms in total. The number of hydrogen-bond acceptors (Lipinski definition) is 7. The van der Waals surface area contributed by atoms with Gasteiger partial charge in [0.25, 0.3) is 0 Å². The van der Waals surface area contributed by atoms with Crippen molar-refractivity contribution in [3.05, 3.63) is 0 Å². The van der Waals surface area contributed by atoms with Gasteiger partial charge in [-0.3, -0.25) is 24.0 Å². The van der Waals surface area contributed by atoms with Crippen molar-refractivity contribution in [3.63, 3.8) is 0 Å². The van der Waals surface area contributed by atoms with E-state index < -0.39 is 78.1 Å². The average molecular weight is 489 g/mol. The Kier molecular flexibility index (Phi) is 13.4. The van der Waals surface area contributed by atoms with Gasteiger partial charge in [-0.1, -0.05) is 34.1 Å². The highest BCUT2D eigenvalue weighted by Crippen LogP contribution is 2.11. The van der Waals surface area contributed by atoms with E-state index >= 15 is 0 Å². The summed E-state index contributed by atoms with van der Waals surface area (Å²) in [5.74, 6) is -6.89. The van der Waals surface area contributed by atoms with Gasteiger partial charge in [-0.2, -0.15) is 0 Å². The number of amides is 3. The number of nitrogens with two attached hydrogens (primary N) is 1. The molecule has 0 aliphatic rings. The molecule has 3 amide bonds. The van der Waals surface area contributed by atoms with E-state index in [4.69, 9.17) is 15.9 Å². The fraction of sp³-hybridized carbons (Fsp3) is 0.714. The monoisotopic (exact) mass is 488 g/mol. The number of carbonyl (C=O) groups excluding carboxylic acids is 3. The molecule has 13 heteroatoms. The lowest BCUT2D eigenvalue weighted by Gasteiger charge is -2.28. The number of hydrogen-bond donors (Lipinski definition) is 7. The molecule has 0 saturated heterocycles. The van der Waals surface area contributed by atoms with Crippen LogP contribution in [0.3, 0.4) is 0 Å². The Hall–Kier alpha value is -3.22. The van der Waals surface area contributed by atoms with E-state index in [0.717, 1.165) is 0 Å². The summed E-state index contributed by atoms with van der Waals surface area (Å²) in [5.41, 5.74) is 5.66. The molecule has 0 spiro atoms. The van der Waals surface area contributed by atoms with E-state index in [1.807, 2.05) is 0 Å². The molecule has 194 valence electrons. The molecule has 0 aromatic heterocycles. The summed E-state index contributed by atoms with van der Waals surface area (Å²) in [6.45, 7) is 6.66.